The fraction of sp³-hybridized carbons (Fsp3) is 0.556. The van der Waals surface area contributed by atoms with Gasteiger partial charge in [-0.05, 0) is 6.42 Å². The summed E-state index contributed by atoms with van der Waals surface area (Å²) in [5.74, 6) is -4.62. The van der Waals surface area contributed by atoms with Crippen LogP contribution in [0.15, 0.2) is 0 Å². The van der Waals surface area contributed by atoms with Crippen molar-refractivity contribution in [2.24, 2.45) is 11.8 Å². The lowest BCUT2D eigenvalue weighted by Crippen LogP contribution is -2.44. The molecule has 7 heteroatoms. The summed E-state index contributed by atoms with van der Waals surface area (Å²) in [6, 6.07) is 0. The molecule has 3 aliphatic heterocycles. The summed E-state index contributed by atoms with van der Waals surface area (Å²) in [7, 11) is 0. The number of cyclic esters (lactones) is 4. The van der Waals surface area contributed by atoms with Crippen molar-refractivity contribution in [3.63, 3.8) is 0 Å². The molecule has 0 aromatic rings. The molecule has 3 saturated heterocycles. The van der Waals surface area contributed by atoms with E-state index in [1.165, 1.54) is 0 Å². The zero-order valence-corrected chi connectivity index (χ0v) is 7.87. The van der Waals surface area contributed by atoms with Gasteiger partial charge in [0, 0.05) is 0 Å². The van der Waals surface area contributed by atoms with Gasteiger partial charge in [0.2, 0.25) is 0 Å². The molecule has 0 bridgehead atoms. The SMILES string of the molecule is O=C1OC(=O)C2OC3C(=O)OC(=O)C3CC12. The van der Waals surface area contributed by atoms with Crippen molar-refractivity contribution in [2.75, 3.05) is 0 Å². The Morgan fingerprint density at radius 3 is 1.62 bits per heavy atom. The molecule has 0 saturated carbocycles. The van der Waals surface area contributed by atoms with Crippen molar-refractivity contribution in [1.29, 1.82) is 0 Å². The molecule has 3 heterocycles. The monoisotopic (exact) mass is 226 g/mol. The van der Waals surface area contributed by atoms with Gasteiger partial charge in [-0.1, -0.05) is 0 Å². The molecule has 4 unspecified atom stereocenters. The number of hydrogen-bond acceptors (Lipinski definition) is 7. The third-order valence-electron chi connectivity index (χ3n) is 3.00. The lowest BCUT2D eigenvalue weighted by atomic mass is 9.86. The Labute approximate surface area is 88.6 Å². The van der Waals surface area contributed by atoms with Crippen LogP contribution in [0, 0.1) is 11.8 Å². The van der Waals surface area contributed by atoms with Crippen LogP contribution in [-0.2, 0) is 33.4 Å². The Balaban J connectivity index is 1.92. The number of carbonyl (C=O) groups is 4. The zero-order valence-electron chi connectivity index (χ0n) is 7.87. The molecule has 0 amide bonds. The highest BCUT2D eigenvalue weighted by Gasteiger charge is 2.59. The second-order valence-corrected chi connectivity index (χ2v) is 3.91. The number of carbonyl (C=O) groups excluding carboxylic acids is 4. The average molecular weight is 226 g/mol. The summed E-state index contributed by atoms with van der Waals surface area (Å²) < 4.78 is 13.9. The minimum atomic E-state index is -1.08. The van der Waals surface area contributed by atoms with Gasteiger partial charge in [0.1, 0.15) is 0 Å². The summed E-state index contributed by atoms with van der Waals surface area (Å²) in [5, 5.41) is 0. The van der Waals surface area contributed by atoms with Crippen LogP contribution in [0.3, 0.4) is 0 Å². The van der Waals surface area contributed by atoms with E-state index >= 15 is 0 Å². The first kappa shape index (κ1) is 9.46. The maximum Gasteiger partial charge on any atom is 0.343 e. The molecule has 0 aliphatic carbocycles. The second kappa shape index (κ2) is 2.88. The summed E-state index contributed by atoms with van der Waals surface area (Å²) in [4.78, 5) is 44.9. The first-order valence-electron chi connectivity index (χ1n) is 4.74. The molecule has 3 aliphatic rings. The third-order valence-corrected chi connectivity index (χ3v) is 3.00. The van der Waals surface area contributed by atoms with Gasteiger partial charge in [0.05, 0.1) is 11.8 Å². The van der Waals surface area contributed by atoms with Gasteiger partial charge in [0.25, 0.3) is 0 Å². The van der Waals surface area contributed by atoms with E-state index in [9.17, 15) is 19.2 Å². The van der Waals surface area contributed by atoms with E-state index in [2.05, 4.69) is 9.47 Å². The van der Waals surface area contributed by atoms with E-state index in [4.69, 9.17) is 4.74 Å². The summed E-state index contributed by atoms with van der Waals surface area (Å²) in [5.41, 5.74) is 0. The van der Waals surface area contributed by atoms with Gasteiger partial charge in [0.15, 0.2) is 12.2 Å². The summed E-state index contributed by atoms with van der Waals surface area (Å²) in [6.07, 6.45) is -2.09. The van der Waals surface area contributed by atoms with Gasteiger partial charge >= 0.3 is 23.9 Å². The highest BCUT2D eigenvalue weighted by molar-refractivity contribution is 6.02. The number of hydrogen-bond donors (Lipinski definition) is 0. The number of esters is 4. The molecule has 3 rings (SSSR count). The van der Waals surface area contributed by atoms with Crippen molar-refractivity contribution in [3.05, 3.63) is 0 Å². The Kier molecular flexibility index (Phi) is 1.70. The molecule has 0 aromatic carbocycles. The van der Waals surface area contributed by atoms with Crippen molar-refractivity contribution in [1.82, 2.24) is 0 Å². The standard InChI is InChI=1S/C9H6O7/c10-6-2-1-3-5(9(13)16-7(3)11)14-4(2)8(12)15-6/h2-5H,1H2. The molecule has 0 spiro atoms. The Morgan fingerprint density at radius 2 is 1.19 bits per heavy atom. The van der Waals surface area contributed by atoms with Crippen LogP contribution in [0.4, 0.5) is 0 Å². The number of rotatable bonds is 0. The molecule has 4 atom stereocenters. The van der Waals surface area contributed by atoms with Crippen LogP contribution in [0.5, 0.6) is 0 Å². The quantitative estimate of drug-likeness (QED) is 0.368. The molecule has 0 N–H and O–H groups in total. The Bertz CT molecular complexity index is 350. The number of fused-ring (bicyclic) bond motifs is 2. The minimum Gasteiger partial charge on any atom is -0.391 e. The Morgan fingerprint density at radius 1 is 0.750 bits per heavy atom. The van der Waals surface area contributed by atoms with Crippen LogP contribution in [0.2, 0.25) is 0 Å². The minimum absolute atomic E-state index is 0.0600. The molecular formula is C9H6O7. The molecule has 0 radical (unpaired) electrons. The summed E-state index contributed by atoms with van der Waals surface area (Å²) >= 11 is 0. The van der Waals surface area contributed by atoms with Crippen LogP contribution >= 0.6 is 0 Å². The van der Waals surface area contributed by atoms with Crippen molar-refractivity contribution in [3.8, 4) is 0 Å². The van der Waals surface area contributed by atoms with Crippen LogP contribution in [-0.4, -0.2) is 36.1 Å². The first-order chi connectivity index (χ1) is 7.58. The van der Waals surface area contributed by atoms with Crippen LogP contribution in [0.1, 0.15) is 6.42 Å². The first-order valence-corrected chi connectivity index (χ1v) is 4.74. The topological polar surface area (TPSA) is 96.0 Å². The molecule has 84 valence electrons. The molecule has 7 nitrogen and oxygen atoms in total. The fourth-order valence-electron chi connectivity index (χ4n) is 2.21. The molecule has 3 fully saturated rings. The average Bonchev–Trinajstić information content (AvgIpc) is 2.67. The van der Waals surface area contributed by atoms with Crippen molar-refractivity contribution >= 4 is 23.9 Å². The van der Waals surface area contributed by atoms with Gasteiger partial charge < -0.3 is 14.2 Å². The predicted molar refractivity (Wildman–Crippen MR) is 42.5 cm³/mol. The summed E-state index contributed by atoms with van der Waals surface area (Å²) in [6.45, 7) is 0. The van der Waals surface area contributed by atoms with Gasteiger partial charge in [-0.3, -0.25) is 9.59 Å². The smallest absolute Gasteiger partial charge is 0.343 e. The lowest BCUT2D eigenvalue weighted by Gasteiger charge is -2.26. The van der Waals surface area contributed by atoms with Gasteiger partial charge in [-0.2, -0.15) is 0 Å². The van der Waals surface area contributed by atoms with Crippen LogP contribution < -0.4 is 0 Å². The molecule has 0 aromatic heterocycles. The fourth-order valence-corrected chi connectivity index (χ4v) is 2.21. The zero-order chi connectivity index (χ0) is 11.4. The maximum atomic E-state index is 11.2. The number of ether oxygens (including phenoxy) is 3. The lowest BCUT2D eigenvalue weighted by molar-refractivity contribution is -0.163. The predicted octanol–water partition coefficient (Wildman–Crippen LogP) is -1.46. The van der Waals surface area contributed by atoms with E-state index in [0.29, 0.717) is 0 Å². The molecule has 16 heavy (non-hydrogen) atoms. The van der Waals surface area contributed by atoms with Crippen molar-refractivity contribution < 1.29 is 33.4 Å². The van der Waals surface area contributed by atoms with Crippen molar-refractivity contribution in [2.45, 2.75) is 18.6 Å². The highest BCUT2D eigenvalue weighted by atomic mass is 16.6. The second-order valence-electron chi connectivity index (χ2n) is 3.91. The molecular weight excluding hydrogens is 220 g/mol. The van der Waals surface area contributed by atoms with E-state index in [0.717, 1.165) is 0 Å². The van der Waals surface area contributed by atoms with Crippen LogP contribution in [0.25, 0.3) is 0 Å². The maximum absolute atomic E-state index is 11.2. The normalized spacial score (nSPS) is 41.5. The largest absolute Gasteiger partial charge is 0.391 e. The van der Waals surface area contributed by atoms with E-state index in [-0.39, 0.29) is 6.42 Å². The highest BCUT2D eigenvalue weighted by Crippen LogP contribution is 2.38. The third kappa shape index (κ3) is 1.06. The Hall–Kier alpha value is -1.76. The van der Waals surface area contributed by atoms with E-state index in [1.807, 2.05) is 0 Å². The van der Waals surface area contributed by atoms with E-state index in [1.54, 1.807) is 0 Å². The van der Waals surface area contributed by atoms with Gasteiger partial charge in [-0.25, -0.2) is 9.59 Å². The van der Waals surface area contributed by atoms with Gasteiger partial charge in [-0.15, -0.1) is 0 Å². The van der Waals surface area contributed by atoms with E-state index < -0.39 is 47.9 Å².